The second-order valence-electron chi connectivity index (χ2n) is 4.82. The monoisotopic (exact) mass is 293 g/mol. The van der Waals surface area contributed by atoms with Gasteiger partial charge in [-0.2, -0.15) is 0 Å². The molecule has 3 nitrogen and oxygen atoms in total. The van der Waals surface area contributed by atoms with Gasteiger partial charge in [-0.15, -0.1) is 11.3 Å². The maximum atomic E-state index is 12.3. The molecule has 0 unspecified atom stereocenters. The molecular weight excluding hydrogens is 282 g/mol. The van der Waals surface area contributed by atoms with Crippen molar-refractivity contribution in [2.45, 2.75) is 6.42 Å². The highest BCUT2D eigenvalue weighted by Gasteiger charge is 2.15. The van der Waals surface area contributed by atoms with E-state index < -0.39 is 0 Å². The topological polar surface area (TPSA) is 43.1 Å². The molecule has 4 heteroatoms. The Bertz CT molecular complexity index is 885. The zero-order valence-corrected chi connectivity index (χ0v) is 11.9. The lowest BCUT2D eigenvalue weighted by atomic mass is 10.2. The van der Waals surface area contributed by atoms with Crippen LogP contribution >= 0.6 is 11.3 Å². The van der Waals surface area contributed by atoms with Gasteiger partial charge >= 0.3 is 0 Å². The Morgan fingerprint density at radius 1 is 1.10 bits per heavy atom. The Balaban J connectivity index is 1.65. The number of rotatable bonds is 3. The van der Waals surface area contributed by atoms with Crippen LogP contribution in [0.4, 0.5) is 0 Å². The predicted molar refractivity (Wildman–Crippen MR) is 83.9 cm³/mol. The smallest absolute Gasteiger partial charge is 0.204 e. The molecule has 0 radical (unpaired) electrons. The average Bonchev–Trinajstić information content (AvgIpc) is 3.10. The minimum Gasteiger partial charge on any atom is -0.453 e. The van der Waals surface area contributed by atoms with Gasteiger partial charge in [0.2, 0.25) is 5.78 Å². The van der Waals surface area contributed by atoms with Gasteiger partial charge in [0.25, 0.3) is 0 Å². The molecular formula is C17H11NO2S. The summed E-state index contributed by atoms with van der Waals surface area (Å²) in [5.41, 5.74) is 1.68. The SMILES string of the molecule is O=C(Cc1nc2ccccc2s1)c1cc2ccccc2o1. The van der Waals surface area contributed by atoms with Gasteiger partial charge in [-0.3, -0.25) is 4.79 Å². The van der Waals surface area contributed by atoms with Gasteiger partial charge in [0.1, 0.15) is 10.6 Å². The largest absolute Gasteiger partial charge is 0.453 e. The molecule has 0 aliphatic carbocycles. The highest BCUT2D eigenvalue weighted by Crippen LogP contribution is 2.24. The lowest BCUT2D eigenvalue weighted by Crippen LogP contribution is -2.01. The normalized spacial score (nSPS) is 11.2. The summed E-state index contributed by atoms with van der Waals surface area (Å²) in [6, 6.07) is 17.3. The molecule has 102 valence electrons. The van der Waals surface area contributed by atoms with Gasteiger partial charge in [-0.05, 0) is 24.3 Å². The van der Waals surface area contributed by atoms with Gasteiger partial charge in [0.15, 0.2) is 5.76 Å². The Morgan fingerprint density at radius 3 is 2.76 bits per heavy atom. The zero-order chi connectivity index (χ0) is 14.2. The minimum atomic E-state index is -0.0368. The summed E-state index contributed by atoms with van der Waals surface area (Å²) in [6.45, 7) is 0. The van der Waals surface area contributed by atoms with E-state index in [-0.39, 0.29) is 12.2 Å². The molecule has 0 N–H and O–H groups in total. The van der Waals surface area contributed by atoms with Crippen LogP contribution in [0.25, 0.3) is 21.2 Å². The van der Waals surface area contributed by atoms with E-state index in [0.717, 1.165) is 26.2 Å². The Kier molecular flexibility index (Phi) is 2.82. The number of para-hydroxylation sites is 2. The number of Topliss-reactive ketones (excluding diaryl/α,β-unsaturated/α-hetero) is 1. The molecule has 2 aromatic heterocycles. The number of aromatic nitrogens is 1. The number of furan rings is 1. The van der Waals surface area contributed by atoms with E-state index in [9.17, 15) is 4.79 Å². The Labute approximate surface area is 124 Å². The quantitative estimate of drug-likeness (QED) is 0.523. The number of carbonyl (C=O) groups excluding carboxylic acids is 1. The third kappa shape index (κ3) is 2.23. The first-order valence-corrected chi connectivity index (χ1v) is 7.47. The zero-order valence-electron chi connectivity index (χ0n) is 11.1. The number of ketones is 1. The molecule has 0 bridgehead atoms. The lowest BCUT2D eigenvalue weighted by Gasteiger charge is -1.92. The number of thiazole rings is 1. The van der Waals surface area contributed by atoms with Crippen molar-refractivity contribution in [2.75, 3.05) is 0 Å². The summed E-state index contributed by atoms with van der Waals surface area (Å²) in [5, 5.41) is 1.77. The van der Waals surface area contributed by atoms with E-state index >= 15 is 0 Å². The van der Waals surface area contributed by atoms with Crippen molar-refractivity contribution in [3.63, 3.8) is 0 Å². The Morgan fingerprint density at radius 2 is 1.90 bits per heavy atom. The second kappa shape index (κ2) is 4.82. The fourth-order valence-electron chi connectivity index (χ4n) is 2.34. The van der Waals surface area contributed by atoms with E-state index in [1.807, 2.05) is 48.5 Å². The fourth-order valence-corrected chi connectivity index (χ4v) is 3.31. The maximum absolute atomic E-state index is 12.3. The van der Waals surface area contributed by atoms with E-state index in [1.54, 1.807) is 17.4 Å². The van der Waals surface area contributed by atoms with E-state index in [2.05, 4.69) is 4.98 Å². The van der Waals surface area contributed by atoms with Crippen molar-refractivity contribution in [3.05, 3.63) is 65.4 Å². The van der Waals surface area contributed by atoms with Crippen molar-refractivity contribution in [1.29, 1.82) is 0 Å². The predicted octanol–water partition coefficient (Wildman–Crippen LogP) is 4.47. The second-order valence-corrected chi connectivity index (χ2v) is 5.94. The van der Waals surface area contributed by atoms with Crippen LogP contribution in [-0.2, 0) is 6.42 Å². The first kappa shape index (κ1) is 12.3. The molecule has 4 aromatic rings. The number of nitrogens with zero attached hydrogens (tertiary/aromatic N) is 1. The van der Waals surface area contributed by atoms with Crippen molar-refractivity contribution >= 4 is 38.3 Å². The first-order chi connectivity index (χ1) is 10.3. The van der Waals surface area contributed by atoms with Gasteiger partial charge in [0, 0.05) is 5.39 Å². The van der Waals surface area contributed by atoms with Crippen molar-refractivity contribution in [3.8, 4) is 0 Å². The summed E-state index contributed by atoms with van der Waals surface area (Å²) in [6.07, 6.45) is 0.277. The van der Waals surface area contributed by atoms with Crippen LogP contribution in [-0.4, -0.2) is 10.8 Å². The van der Waals surface area contributed by atoms with E-state index in [4.69, 9.17) is 4.42 Å². The van der Waals surface area contributed by atoms with Gasteiger partial charge in [-0.25, -0.2) is 4.98 Å². The van der Waals surface area contributed by atoms with Gasteiger partial charge in [0.05, 0.1) is 16.6 Å². The highest BCUT2D eigenvalue weighted by molar-refractivity contribution is 7.18. The Hall–Kier alpha value is -2.46. The fraction of sp³-hybridized carbons (Fsp3) is 0.0588. The van der Waals surface area contributed by atoms with E-state index in [1.165, 1.54) is 0 Å². The third-order valence-corrected chi connectivity index (χ3v) is 4.39. The molecule has 2 aromatic carbocycles. The molecule has 0 amide bonds. The first-order valence-electron chi connectivity index (χ1n) is 6.66. The standard InChI is InChI=1S/C17H11NO2S/c19-13(15-9-11-5-1-3-7-14(11)20-15)10-17-18-12-6-2-4-8-16(12)21-17/h1-9H,10H2. The van der Waals surface area contributed by atoms with Crippen molar-refractivity contribution in [2.24, 2.45) is 0 Å². The van der Waals surface area contributed by atoms with Crippen LogP contribution in [0.5, 0.6) is 0 Å². The molecule has 0 atom stereocenters. The minimum absolute atomic E-state index is 0.0368. The summed E-state index contributed by atoms with van der Waals surface area (Å²) >= 11 is 1.55. The van der Waals surface area contributed by atoms with Crippen LogP contribution in [0.1, 0.15) is 15.6 Å². The van der Waals surface area contributed by atoms with Gasteiger partial charge < -0.3 is 4.42 Å². The molecule has 0 saturated heterocycles. The van der Waals surface area contributed by atoms with Crippen LogP contribution in [0.3, 0.4) is 0 Å². The lowest BCUT2D eigenvalue weighted by molar-refractivity contribution is 0.0968. The number of benzene rings is 2. The maximum Gasteiger partial charge on any atom is 0.204 e. The summed E-state index contributed by atoms with van der Waals surface area (Å²) in [5.74, 6) is 0.362. The number of hydrogen-bond acceptors (Lipinski definition) is 4. The number of fused-ring (bicyclic) bond motifs is 2. The molecule has 0 saturated carbocycles. The van der Waals surface area contributed by atoms with Crippen LogP contribution < -0.4 is 0 Å². The van der Waals surface area contributed by atoms with Gasteiger partial charge in [-0.1, -0.05) is 30.3 Å². The molecule has 0 fully saturated rings. The highest BCUT2D eigenvalue weighted by atomic mass is 32.1. The van der Waals surface area contributed by atoms with Crippen LogP contribution in [0.2, 0.25) is 0 Å². The summed E-state index contributed by atoms with van der Waals surface area (Å²) in [4.78, 5) is 16.8. The van der Waals surface area contributed by atoms with Crippen molar-refractivity contribution in [1.82, 2.24) is 4.98 Å². The molecule has 2 heterocycles. The molecule has 0 spiro atoms. The van der Waals surface area contributed by atoms with E-state index in [0.29, 0.717) is 5.76 Å². The average molecular weight is 293 g/mol. The number of hydrogen-bond donors (Lipinski definition) is 0. The summed E-state index contributed by atoms with van der Waals surface area (Å²) in [7, 11) is 0. The molecule has 4 rings (SSSR count). The molecule has 0 aliphatic rings. The van der Waals surface area contributed by atoms with Crippen LogP contribution in [0.15, 0.2) is 59.0 Å². The van der Waals surface area contributed by atoms with Crippen LogP contribution in [0, 0.1) is 0 Å². The number of carbonyl (C=O) groups is 1. The molecule has 21 heavy (non-hydrogen) atoms. The third-order valence-electron chi connectivity index (χ3n) is 3.35. The van der Waals surface area contributed by atoms with Crippen molar-refractivity contribution < 1.29 is 9.21 Å². The summed E-state index contributed by atoms with van der Waals surface area (Å²) < 4.78 is 6.71. The molecule has 0 aliphatic heterocycles.